The standard InChI is InChI=1S/C15H20N4S/c1-3-16-15-9-17-12(8-18-15)10-19-6-4-14-13(11(19)2)5-7-20-14/h5,7-9,11H,3-4,6,10H2,1-2H3,(H,16,18). The van der Waals surface area contributed by atoms with Gasteiger partial charge in [-0.3, -0.25) is 9.88 Å². The van der Waals surface area contributed by atoms with Crippen LogP contribution in [-0.4, -0.2) is 28.0 Å². The largest absolute Gasteiger partial charge is 0.369 e. The molecule has 2 aromatic heterocycles. The van der Waals surface area contributed by atoms with Crippen molar-refractivity contribution in [3.63, 3.8) is 0 Å². The summed E-state index contributed by atoms with van der Waals surface area (Å²) in [6.45, 7) is 7.19. The van der Waals surface area contributed by atoms with Gasteiger partial charge in [-0.1, -0.05) is 0 Å². The van der Waals surface area contributed by atoms with E-state index in [0.717, 1.165) is 37.6 Å². The molecule has 1 atom stereocenters. The zero-order valence-electron chi connectivity index (χ0n) is 12.0. The van der Waals surface area contributed by atoms with Gasteiger partial charge in [0, 0.05) is 30.6 Å². The number of anilines is 1. The van der Waals surface area contributed by atoms with E-state index in [4.69, 9.17) is 0 Å². The first-order chi connectivity index (χ1) is 9.78. The Morgan fingerprint density at radius 2 is 2.30 bits per heavy atom. The average molecular weight is 288 g/mol. The Balaban J connectivity index is 1.69. The van der Waals surface area contributed by atoms with Crippen LogP contribution < -0.4 is 5.32 Å². The zero-order valence-corrected chi connectivity index (χ0v) is 12.8. The lowest BCUT2D eigenvalue weighted by atomic mass is 10.0. The first-order valence-corrected chi connectivity index (χ1v) is 8.01. The van der Waals surface area contributed by atoms with Crippen molar-refractivity contribution in [3.05, 3.63) is 40.0 Å². The fourth-order valence-corrected chi connectivity index (χ4v) is 3.66. The maximum atomic E-state index is 4.51. The van der Waals surface area contributed by atoms with E-state index in [1.165, 1.54) is 5.56 Å². The average Bonchev–Trinajstić information content (AvgIpc) is 2.94. The van der Waals surface area contributed by atoms with Crippen molar-refractivity contribution in [2.24, 2.45) is 0 Å². The fourth-order valence-electron chi connectivity index (χ4n) is 2.69. The topological polar surface area (TPSA) is 41.1 Å². The van der Waals surface area contributed by atoms with E-state index >= 15 is 0 Å². The van der Waals surface area contributed by atoms with Crippen LogP contribution in [0.15, 0.2) is 23.8 Å². The molecule has 3 rings (SSSR count). The summed E-state index contributed by atoms with van der Waals surface area (Å²) in [6.07, 6.45) is 4.86. The van der Waals surface area contributed by atoms with Gasteiger partial charge >= 0.3 is 0 Å². The molecule has 4 nitrogen and oxygen atoms in total. The van der Waals surface area contributed by atoms with Crippen molar-refractivity contribution in [3.8, 4) is 0 Å². The predicted molar refractivity (Wildman–Crippen MR) is 83.0 cm³/mol. The molecule has 1 aliphatic rings. The summed E-state index contributed by atoms with van der Waals surface area (Å²) in [4.78, 5) is 12.9. The van der Waals surface area contributed by atoms with E-state index < -0.39 is 0 Å². The SMILES string of the molecule is CCNc1cnc(CN2CCc3sccc3C2C)cn1. The smallest absolute Gasteiger partial charge is 0.144 e. The molecule has 0 radical (unpaired) electrons. The number of hydrogen-bond acceptors (Lipinski definition) is 5. The van der Waals surface area contributed by atoms with Crippen LogP contribution in [0, 0.1) is 0 Å². The van der Waals surface area contributed by atoms with E-state index in [1.807, 2.05) is 23.7 Å². The molecule has 0 fully saturated rings. The van der Waals surface area contributed by atoms with Crippen molar-refractivity contribution < 1.29 is 0 Å². The molecule has 1 N–H and O–H groups in total. The van der Waals surface area contributed by atoms with Crippen molar-refractivity contribution in [1.82, 2.24) is 14.9 Å². The van der Waals surface area contributed by atoms with E-state index in [0.29, 0.717) is 6.04 Å². The summed E-state index contributed by atoms with van der Waals surface area (Å²) in [5, 5.41) is 5.37. The lowest BCUT2D eigenvalue weighted by molar-refractivity contribution is 0.189. The molecule has 106 valence electrons. The van der Waals surface area contributed by atoms with Crippen LogP contribution in [0.25, 0.3) is 0 Å². The van der Waals surface area contributed by atoms with Crippen molar-refractivity contribution in [2.75, 3.05) is 18.4 Å². The zero-order chi connectivity index (χ0) is 13.9. The van der Waals surface area contributed by atoms with Gasteiger partial charge < -0.3 is 5.32 Å². The molecule has 5 heteroatoms. The first-order valence-electron chi connectivity index (χ1n) is 7.13. The Bertz CT molecular complexity index is 564. The highest BCUT2D eigenvalue weighted by Gasteiger charge is 2.24. The summed E-state index contributed by atoms with van der Waals surface area (Å²) < 4.78 is 0. The van der Waals surface area contributed by atoms with Gasteiger partial charge in [0.05, 0.1) is 18.1 Å². The maximum absolute atomic E-state index is 4.51. The second kappa shape index (κ2) is 5.89. The monoisotopic (exact) mass is 288 g/mol. The van der Waals surface area contributed by atoms with Crippen LogP contribution >= 0.6 is 11.3 Å². The molecule has 0 bridgehead atoms. The number of fused-ring (bicyclic) bond motifs is 1. The number of nitrogens with zero attached hydrogens (tertiary/aromatic N) is 3. The molecule has 1 aliphatic heterocycles. The summed E-state index contributed by atoms with van der Waals surface area (Å²) in [5.41, 5.74) is 2.52. The lowest BCUT2D eigenvalue weighted by Crippen LogP contribution is -2.32. The molecule has 0 spiro atoms. The molecule has 2 aromatic rings. The minimum absolute atomic E-state index is 0.472. The van der Waals surface area contributed by atoms with Gasteiger partial charge in [0.15, 0.2) is 0 Å². The summed E-state index contributed by atoms with van der Waals surface area (Å²) in [6, 6.07) is 2.73. The molecule has 1 unspecified atom stereocenters. The maximum Gasteiger partial charge on any atom is 0.144 e. The lowest BCUT2D eigenvalue weighted by Gasteiger charge is -2.33. The van der Waals surface area contributed by atoms with Gasteiger partial charge in [0.1, 0.15) is 5.82 Å². The Hall–Kier alpha value is -1.46. The number of rotatable bonds is 4. The van der Waals surface area contributed by atoms with E-state index in [2.05, 4.69) is 45.5 Å². The first kappa shape index (κ1) is 13.5. The van der Waals surface area contributed by atoms with Crippen LogP contribution in [0.4, 0.5) is 5.82 Å². The van der Waals surface area contributed by atoms with Crippen LogP contribution in [0.2, 0.25) is 0 Å². The third-order valence-corrected chi connectivity index (χ3v) is 4.83. The Kier molecular flexibility index (Phi) is 3.98. The quantitative estimate of drug-likeness (QED) is 0.938. The Morgan fingerprint density at radius 1 is 1.40 bits per heavy atom. The molecule has 3 heterocycles. The van der Waals surface area contributed by atoms with Gasteiger partial charge in [-0.15, -0.1) is 11.3 Å². The highest BCUT2D eigenvalue weighted by atomic mass is 32.1. The second-order valence-electron chi connectivity index (χ2n) is 5.12. The highest BCUT2D eigenvalue weighted by Crippen LogP contribution is 2.33. The molecular formula is C15H20N4S. The molecule has 0 aromatic carbocycles. The molecule has 0 saturated carbocycles. The van der Waals surface area contributed by atoms with Crippen LogP contribution in [0.5, 0.6) is 0 Å². The third kappa shape index (κ3) is 2.69. The van der Waals surface area contributed by atoms with Crippen LogP contribution in [0.3, 0.4) is 0 Å². The van der Waals surface area contributed by atoms with Gasteiger partial charge in [0.2, 0.25) is 0 Å². The summed E-state index contributed by atoms with van der Waals surface area (Å²) in [7, 11) is 0. The Labute approximate surface area is 123 Å². The fraction of sp³-hybridized carbons (Fsp3) is 0.467. The summed E-state index contributed by atoms with van der Waals surface area (Å²) >= 11 is 1.88. The molecule has 0 aliphatic carbocycles. The van der Waals surface area contributed by atoms with E-state index in [9.17, 15) is 0 Å². The molecule has 0 amide bonds. The molecule has 20 heavy (non-hydrogen) atoms. The Morgan fingerprint density at radius 3 is 3.05 bits per heavy atom. The number of nitrogens with one attached hydrogen (secondary N) is 1. The minimum atomic E-state index is 0.472. The van der Waals surface area contributed by atoms with E-state index in [-0.39, 0.29) is 0 Å². The van der Waals surface area contributed by atoms with Crippen molar-refractivity contribution in [1.29, 1.82) is 0 Å². The van der Waals surface area contributed by atoms with Crippen LogP contribution in [0.1, 0.15) is 36.0 Å². The third-order valence-electron chi connectivity index (χ3n) is 3.83. The number of aromatic nitrogens is 2. The van der Waals surface area contributed by atoms with Gasteiger partial charge in [-0.2, -0.15) is 0 Å². The molecule has 0 saturated heterocycles. The van der Waals surface area contributed by atoms with Gasteiger partial charge in [0.25, 0.3) is 0 Å². The predicted octanol–water partition coefficient (Wildman–Crippen LogP) is 3.09. The molecular weight excluding hydrogens is 268 g/mol. The van der Waals surface area contributed by atoms with Gasteiger partial charge in [-0.05, 0) is 37.3 Å². The van der Waals surface area contributed by atoms with Crippen molar-refractivity contribution in [2.45, 2.75) is 32.9 Å². The number of hydrogen-bond donors (Lipinski definition) is 1. The normalized spacial score (nSPS) is 18.8. The highest BCUT2D eigenvalue weighted by molar-refractivity contribution is 7.10. The summed E-state index contributed by atoms with van der Waals surface area (Å²) in [5.74, 6) is 0.850. The van der Waals surface area contributed by atoms with Gasteiger partial charge in [-0.25, -0.2) is 4.98 Å². The van der Waals surface area contributed by atoms with Crippen molar-refractivity contribution >= 4 is 17.2 Å². The minimum Gasteiger partial charge on any atom is -0.369 e. The van der Waals surface area contributed by atoms with E-state index in [1.54, 1.807) is 4.88 Å². The second-order valence-corrected chi connectivity index (χ2v) is 6.12. The number of thiophene rings is 1. The van der Waals surface area contributed by atoms with Crippen LogP contribution in [-0.2, 0) is 13.0 Å².